The van der Waals surface area contributed by atoms with Crippen LogP contribution in [0.2, 0.25) is 5.02 Å². The van der Waals surface area contributed by atoms with Gasteiger partial charge in [0.05, 0.1) is 17.0 Å². The number of nitrogens with zero attached hydrogens (tertiary/aromatic N) is 1. The van der Waals surface area contributed by atoms with E-state index in [0.29, 0.717) is 30.8 Å². The van der Waals surface area contributed by atoms with Crippen LogP contribution in [0.25, 0.3) is 0 Å². The minimum Gasteiger partial charge on any atom is -0.391 e. The molecule has 1 N–H and O–H groups in total. The Morgan fingerprint density at radius 2 is 1.73 bits per heavy atom. The number of halogens is 1. The van der Waals surface area contributed by atoms with Crippen LogP contribution in [0, 0.1) is 0 Å². The van der Waals surface area contributed by atoms with Crippen molar-refractivity contribution in [2.45, 2.75) is 49.1 Å². The molecule has 1 aliphatic carbocycles. The molecule has 2 aromatic carbocycles. The lowest BCUT2D eigenvalue weighted by Crippen LogP contribution is -2.45. The van der Waals surface area contributed by atoms with Gasteiger partial charge in [-0.3, -0.25) is 0 Å². The van der Waals surface area contributed by atoms with Crippen LogP contribution in [0.3, 0.4) is 0 Å². The Bertz CT molecular complexity index is 809. The first kappa shape index (κ1) is 19.4. The van der Waals surface area contributed by atoms with E-state index in [2.05, 4.69) is 0 Å². The fourth-order valence-corrected chi connectivity index (χ4v) is 5.40. The van der Waals surface area contributed by atoms with Crippen LogP contribution < -0.4 is 0 Å². The maximum atomic E-state index is 13.2. The second-order valence-electron chi connectivity index (χ2n) is 6.72. The van der Waals surface area contributed by atoms with E-state index in [-0.39, 0.29) is 10.9 Å². The lowest BCUT2D eigenvalue weighted by Gasteiger charge is -2.30. The Morgan fingerprint density at radius 3 is 2.35 bits per heavy atom. The molecule has 1 fully saturated rings. The van der Waals surface area contributed by atoms with Gasteiger partial charge in [-0.2, -0.15) is 4.31 Å². The van der Waals surface area contributed by atoms with Gasteiger partial charge in [-0.15, -0.1) is 0 Å². The topological polar surface area (TPSA) is 57.6 Å². The molecule has 3 rings (SSSR count). The van der Waals surface area contributed by atoms with E-state index in [1.165, 1.54) is 22.0 Å². The Labute approximate surface area is 160 Å². The summed E-state index contributed by atoms with van der Waals surface area (Å²) in [5.74, 6) is 0. The summed E-state index contributed by atoms with van der Waals surface area (Å²) >= 11 is 5.89. The van der Waals surface area contributed by atoms with E-state index in [1.54, 1.807) is 12.1 Å². The van der Waals surface area contributed by atoms with E-state index < -0.39 is 16.1 Å². The standard InChI is InChI=1S/C20H24ClNO3S/c21-17-11-13-18(14-12-17)26(24,25)22(19-9-4-10-20(19)23)15-5-8-16-6-2-1-3-7-16/h1-3,6-7,11-14,19-20,23H,4-5,8-10,15H2. The van der Waals surface area contributed by atoms with Crippen molar-refractivity contribution in [3.05, 3.63) is 65.2 Å². The molecule has 6 heteroatoms. The van der Waals surface area contributed by atoms with Gasteiger partial charge in [-0.1, -0.05) is 41.9 Å². The predicted molar refractivity (Wildman–Crippen MR) is 104 cm³/mol. The van der Waals surface area contributed by atoms with Gasteiger partial charge in [-0.05, 0) is 61.9 Å². The monoisotopic (exact) mass is 393 g/mol. The van der Waals surface area contributed by atoms with E-state index in [4.69, 9.17) is 11.6 Å². The molecule has 0 radical (unpaired) electrons. The third-order valence-electron chi connectivity index (χ3n) is 4.92. The van der Waals surface area contributed by atoms with Crippen LogP contribution in [0.5, 0.6) is 0 Å². The van der Waals surface area contributed by atoms with Gasteiger partial charge in [0, 0.05) is 11.6 Å². The molecule has 0 heterocycles. The van der Waals surface area contributed by atoms with Gasteiger partial charge < -0.3 is 5.11 Å². The van der Waals surface area contributed by atoms with E-state index in [0.717, 1.165) is 12.8 Å². The molecule has 0 aliphatic heterocycles. The smallest absolute Gasteiger partial charge is 0.243 e. The second-order valence-corrected chi connectivity index (χ2v) is 9.05. The number of benzene rings is 2. The lowest BCUT2D eigenvalue weighted by atomic mass is 10.1. The Balaban J connectivity index is 1.79. The highest BCUT2D eigenvalue weighted by molar-refractivity contribution is 7.89. The zero-order valence-electron chi connectivity index (χ0n) is 14.6. The molecule has 2 atom stereocenters. The number of sulfonamides is 1. The summed E-state index contributed by atoms with van der Waals surface area (Å²) in [6.45, 7) is 0.390. The summed E-state index contributed by atoms with van der Waals surface area (Å²) in [6.07, 6.45) is 3.09. The van der Waals surface area contributed by atoms with Gasteiger partial charge in [0.15, 0.2) is 0 Å². The molecule has 0 aromatic heterocycles. The molecule has 0 saturated heterocycles. The summed E-state index contributed by atoms with van der Waals surface area (Å²) < 4.78 is 27.9. The molecule has 0 spiro atoms. The Morgan fingerprint density at radius 1 is 1.04 bits per heavy atom. The van der Waals surface area contributed by atoms with Crippen molar-refractivity contribution in [2.75, 3.05) is 6.54 Å². The van der Waals surface area contributed by atoms with Crippen molar-refractivity contribution < 1.29 is 13.5 Å². The largest absolute Gasteiger partial charge is 0.391 e. The third kappa shape index (κ3) is 4.46. The van der Waals surface area contributed by atoms with E-state index in [9.17, 15) is 13.5 Å². The van der Waals surface area contributed by atoms with Gasteiger partial charge >= 0.3 is 0 Å². The zero-order chi connectivity index (χ0) is 18.6. The molecule has 26 heavy (non-hydrogen) atoms. The van der Waals surface area contributed by atoms with E-state index in [1.807, 2.05) is 30.3 Å². The van der Waals surface area contributed by atoms with Gasteiger partial charge in [0.1, 0.15) is 0 Å². The molecule has 0 bridgehead atoms. The van der Waals surface area contributed by atoms with Crippen molar-refractivity contribution in [3.63, 3.8) is 0 Å². The highest BCUT2D eigenvalue weighted by Gasteiger charge is 2.37. The van der Waals surface area contributed by atoms with Crippen molar-refractivity contribution >= 4 is 21.6 Å². The summed E-state index contributed by atoms with van der Waals surface area (Å²) in [5, 5.41) is 10.8. The first-order valence-electron chi connectivity index (χ1n) is 8.98. The first-order chi connectivity index (χ1) is 12.5. The number of hydrogen-bond donors (Lipinski definition) is 1. The van der Waals surface area contributed by atoms with Crippen LogP contribution >= 0.6 is 11.6 Å². The molecule has 2 aromatic rings. The van der Waals surface area contributed by atoms with Crippen molar-refractivity contribution in [2.24, 2.45) is 0 Å². The zero-order valence-corrected chi connectivity index (χ0v) is 16.2. The molecule has 4 nitrogen and oxygen atoms in total. The summed E-state index contributed by atoms with van der Waals surface area (Å²) in [4.78, 5) is 0.223. The number of aryl methyl sites for hydroxylation is 1. The number of aliphatic hydroxyl groups excluding tert-OH is 1. The van der Waals surface area contributed by atoms with Crippen molar-refractivity contribution in [1.29, 1.82) is 0 Å². The molecule has 2 unspecified atom stereocenters. The number of hydrogen-bond acceptors (Lipinski definition) is 3. The molecule has 140 valence electrons. The number of aliphatic hydroxyl groups is 1. The average Bonchev–Trinajstić information content (AvgIpc) is 3.05. The van der Waals surface area contributed by atoms with Crippen molar-refractivity contribution in [3.8, 4) is 0 Å². The van der Waals surface area contributed by atoms with Crippen LogP contribution in [0.15, 0.2) is 59.5 Å². The summed E-state index contributed by atoms with van der Waals surface area (Å²) in [5.41, 5.74) is 1.18. The maximum Gasteiger partial charge on any atom is 0.243 e. The second kappa shape index (κ2) is 8.53. The predicted octanol–water partition coefficient (Wildman–Crippen LogP) is 3.88. The van der Waals surface area contributed by atoms with E-state index >= 15 is 0 Å². The molecular formula is C20H24ClNO3S. The van der Waals surface area contributed by atoms with Gasteiger partial charge in [-0.25, -0.2) is 8.42 Å². The summed E-state index contributed by atoms with van der Waals surface area (Å²) in [7, 11) is -3.67. The number of rotatable bonds is 7. The van der Waals surface area contributed by atoms with Crippen LogP contribution in [-0.4, -0.2) is 36.5 Å². The quantitative estimate of drug-likeness (QED) is 0.776. The highest BCUT2D eigenvalue weighted by Crippen LogP contribution is 2.30. The minimum absolute atomic E-state index is 0.223. The Kier molecular flexibility index (Phi) is 6.35. The normalized spacial score (nSPS) is 20.6. The lowest BCUT2D eigenvalue weighted by molar-refractivity contribution is 0.112. The van der Waals surface area contributed by atoms with Gasteiger partial charge in [0.2, 0.25) is 10.0 Å². The Hall–Kier alpha value is -1.40. The summed E-state index contributed by atoms with van der Waals surface area (Å²) in [6, 6.07) is 15.9. The fourth-order valence-electron chi connectivity index (χ4n) is 3.55. The third-order valence-corrected chi connectivity index (χ3v) is 7.11. The molecular weight excluding hydrogens is 370 g/mol. The van der Waals surface area contributed by atoms with Crippen LogP contribution in [0.1, 0.15) is 31.2 Å². The molecule has 1 aliphatic rings. The minimum atomic E-state index is -3.67. The van der Waals surface area contributed by atoms with Crippen LogP contribution in [-0.2, 0) is 16.4 Å². The average molecular weight is 394 g/mol. The fraction of sp³-hybridized carbons (Fsp3) is 0.400. The molecule has 1 saturated carbocycles. The van der Waals surface area contributed by atoms with Gasteiger partial charge in [0.25, 0.3) is 0 Å². The molecule has 0 amide bonds. The highest BCUT2D eigenvalue weighted by atomic mass is 35.5. The van der Waals surface area contributed by atoms with Crippen LogP contribution in [0.4, 0.5) is 0 Å². The SMILES string of the molecule is O=S(=O)(c1ccc(Cl)cc1)N(CCCc1ccccc1)C1CCCC1O. The van der Waals surface area contributed by atoms with Crippen molar-refractivity contribution in [1.82, 2.24) is 4.31 Å². The maximum absolute atomic E-state index is 13.2. The first-order valence-corrected chi connectivity index (χ1v) is 10.8.